The van der Waals surface area contributed by atoms with Crippen LogP contribution >= 0.6 is 0 Å². The lowest BCUT2D eigenvalue weighted by molar-refractivity contribution is 0.812. The summed E-state index contributed by atoms with van der Waals surface area (Å²) in [6.07, 6.45) is 1.87. The third-order valence-corrected chi connectivity index (χ3v) is 5.20. The molecule has 4 aromatic rings. The van der Waals surface area contributed by atoms with E-state index in [-0.39, 0.29) is 0 Å². The third-order valence-electron chi connectivity index (χ3n) is 5.20. The van der Waals surface area contributed by atoms with E-state index in [2.05, 4.69) is 97.9 Å². The minimum atomic E-state index is 0.441. The van der Waals surface area contributed by atoms with Crippen molar-refractivity contribution in [3.8, 4) is 17.1 Å². The van der Waals surface area contributed by atoms with Crippen LogP contribution in [0.2, 0.25) is 0 Å². The molecule has 2 heteroatoms. The maximum absolute atomic E-state index is 4.66. The predicted octanol–water partition coefficient (Wildman–Crippen LogP) is 6.94. The largest absolute Gasteiger partial charge is 0.307 e. The Kier molecular flexibility index (Phi) is 4.57. The van der Waals surface area contributed by atoms with Crippen LogP contribution in [0.1, 0.15) is 50.7 Å². The highest BCUT2D eigenvalue weighted by atomic mass is 15.0. The van der Waals surface area contributed by atoms with Crippen LogP contribution in [-0.2, 0) is 0 Å². The van der Waals surface area contributed by atoms with E-state index in [1.54, 1.807) is 0 Å². The van der Waals surface area contributed by atoms with Crippen LogP contribution in [0, 0.1) is 0 Å². The maximum Gasteiger partial charge on any atom is 0.0870 e. The van der Waals surface area contributed by atoms with Gasteiger partial charge in [0.2, 0.25) is 0 Å². The number of nitrogens with zero attached hydrogens (tertiary/aromatic N) is 2. The molecule has 0 spiro atoms. The fraction of sp³-hybridized carbons (Fsp3) is 0.240. The van der Waals surface area contributed by atoms with Crippen LogP contribution in [0.3, 0.4) is 0 Å². The Morgan fingerprint density at radius 3 is 2.04 bits per heavy atom. The Labute approximate surface area is 161 Å². The summed E-state index contributed by atoms with van der Waals surface area (Å²) in [5.41, 5.74) is 7.44. The number of fused-ring (bicyclic) bond motifs is 1. The first kappa shape index (κ1) is 17.5. The summed E-state index contributed by atoms with van der Waals surface area (Å²) in [4.78, 5) is 4.66. The molecule has 0 aliphatic heterocycles. The molecule has 0 fully saturated rings. The van der Waals surface area contributed by atoms with E-state index in [4.69, 9.17) is 0 Å². The maximum atomic E-state index is 4.66. The van der Waals surface area contributed by atoms with Gasteiger partial charge in [0, 0.05) is 11.6 Å². The molecule has 0 atom stereocenters. The lowest BCUT2D eigenvalue weighted by Crippen LogP contribution is -2.08. The summed E-state index contributed by atoms with van der Waals surface area (Å²) < 4.78 is 2.42. The van der Waals surface area contributed by atoms with Crippen molar-refractivity contribution in [2.24, 2.45) is 0 Å². The van der Waals surface area contributed by atoms with E-state index in [9.17, 15) is 0 Å². The molecule has 0 amide bonds. The Hall–Kier alpha value is -2.87. The fourth-order valence-corrected chi connectivity index (χ4v) is 3.87. The number of aromatic nitrogens is 2. The average Bonchev–Trinajstić information content (AvgIpc) is 3.07. The molecule has 0 saturated carbocycles. The number of hydrogen-bond donors (Lipinski definition) is 0. The Morgan fingerprint density at radius 1 is 0.741 bits per heavy atom. The van der Waals surface area contributed by atoms with Crippen molar-refractivity contribution in [3.05, 3.63) is 84.1 Å². The van der Waals surface area contributed by atoms with Gasteiger partial charge >= 0.3 is 0 Å². The summed E-state index contributed by atoms with van der Waals surface area (Å²) >= 11 is 0. The van der Waals surface area contributed by atoms with Gasteiger partial charge < -0.3 is 4.57 Å². The van der Waals surface area contributed by atoms with Crippen molar-refractivity contribution >= 4 is 10.9 Å². The third kappa shape index (κ3) is 3.06. The normalized spacial score (nSPS) is 11.6. The topological polar surface area (TPSA) is 17.8 Å². The molecule has 2 aromatic heterocycles. The quantitative estimate of drug-likeness (QED) is 0.388. The monoisotopic (exact) mass is 354 g/mol. The Morgan fingerprint density at radius 2 is 1.41 bits per heavy atom. The lowest BCUT2D eigenvalue weighted by Gasteiger charge is -2.23. The molecule has 27 heavy (non-hydrogen) atoms. The van der Waals surface area contributed by atoms with E-state index in [0.29, 0.717) is 11.8 Å². The molecule has 2 aromatic carbocycles. The molecular weight excluding hydrogens is 328 g/mol. The van der Waals surface area contributed by atoms with Gasteiger partial charge in [0.15, 0.2) is 0 Å². The van der Waals surface area contributed by atoms with Gasteiger partial charge in [-0.2, -0.15) is 0 Å². The minimum Gasteiger partial charge on any atom is -0.307 e. The van der Waals surface area contributed by atoms with Crippen molar-refractivity contribution in [3.63, 3.8) is 0 Å². The number of pyridine rings is 1. The van der Waals surface area contributed by atoms with Crippen LogP contribution in [0.4, 0.5) is 0 Å². The van der Waals surface area contributed by atoms with Gasteiger partial charge in [-0.15, -0.1) is 0 Å². The van der Waals surface area contributed by atoms with Gasteiger partial charge in [-0.05, 0) is 47.2 Å². The van der Waals surface area contributed by atoms with Crippen LogP contribution < -0.4 is 0 Å². The van der Waals surface area contributed by atoms with Crippen molar-refractivity contribution < 1.29 is 0 Å². The molecule has 0 radical (unpaired) electrons. The van der Waals surface area contributed by atoms with Gasteiger partial charge in [0.1, 0.15) is 0 Å². The van der Waals surface area contributed by atoms with Gasteiger partial charge in [-0.25, -0.2) is 0 Å². The molecule has 0 aliphatic carbocycles. The van der Waals surface area contributed by atoms with Gasteiger partial charge in [-0.1, -0.05) is 70.2 Å². The molecule has 0 saturated heterocycles. The summed E-state index contributed by atoms with van der Waals surface area (Å²) in [6.45, 7) is 9.09. The predicted molar refractivity (Wildman–Crippen MR) is 115 cm³/mol. The molecule has 0 unspecified atom stereocenters. The Balaban J connectivity index is 2.14. The summed E-state index contributed by atoms with van der Waals surface area (Å²) in [5.74, 6) is 0.882. The Bertz CT molecular complexity index is 1050. The molecule has 2 nitrogen and oxygen atoms in total. The van der Waals surface area contributed by atoms with Crippen LogP contribution in [0.25, 0.3) is 28.0 Å². The lowest BCUT2D eigenvalue weighted by atomic mass is 9.92. The van der Waals surface area contributed by atoms with E-state index in [0.717, 1.165) is 11.4 Å². The number of rotatable bonds is 4. The van der Waals surface area contributed by atoms with Crippen LogP contribution in [0.5, 0.6) is 0 Å². The van der Waals surface area contributed by atoms with Gasteiger partial charge in [-0.3, -0.25) is 4.98 Å². The molecule has 0 bridgehead atoms. The summed E-state index contributed by atoms with van der Waals surface area (Å²) in [7, 11) is 0. The molecule has 136 valence electrons. The second kappa shape index (κ2) is 7.03. The highest BCUT2D eigenvalue weighted by Gasteiger charge is 2.20. The van der Waals surface area contributed by atoms with Crippen LogP contribution in [0.15, 0.2) is 72.9 Å². The van der Waals surface area contributed by atoms with Crippen molar-refractivity contribution in [1.29, 1.82) is 0 Å². The molecule has 0 N–H and O–H groups in total. The standard InChI is InChI=1S/C25H26N2/c1-17(2)20-11-9-12-21(18(3)4)25(20)27-23-14-6-5-10-19(23)16-24(27)22-13-7-8-15-26-22/h5-18H,1-4H3. The summed E-state index contributed by atoms with van der Waals surface area (Å²) in [5, 5.41) is 1.24. The van der Waals surface area contributed by atoms with E-state index < -0.39 is 0 Å². The van der Waals surface area contributed by atoms with Gasteiger partial charge in [0.25, 0.3) is 0 Å². The van der Waals surface area contributed by atoms with E-state index >= 15 is 0 Å². The van der Waals surface area contributed by atoms with Gasteiger partial charge in [0.05, 0.1) is 22.6 Å². The summed E-state index contributed by atoms with van der Waals surface area (Å²) in [6, 6.07) is 23.7. The smallest absolute Gasteiger partial charge is 0.0870 e. The second-order valence-corrected chi connectivity index (χ2v) is 7.73. The first-order chi connectivity index (χ1) is 13.1. The zero-order valence-electron chi connectivity index (χ0n) is 16.5. The molecule has 0 aliphatic rings. The van der Waals surface area contributed by atoms with Crippen molar-refractivity contribution in [2.45, 2.75) is 39.5 Å². The zero-order valence-corrected chi connectivity index (χ0v) is 16.5. The van der Waals surface area contributed by atoms with Crippen molar-refractivity contribution in [2.75, 3.05) is 0 Å². The van der Waals surface area contributed by atoms with Crippen LogP contribution in [-0.4, -0.2) is 9.55 Å². The second-order valence-electron chi connectivity index (χ2n) is 7.73. The minimum absolute atomic E-state index is 0.441. The SMILES string of the molecule is CC(C)c1cccc(C(C)C)c1-n1c(-c2ccccn2)cc2ccccc21. The fourth-order valence-electron chi connectivity index (χ4n) is 3.87. The number of benzene rings is 2. The molecule has 2 heterocycles. The number of para-hydroxylation sites is 2. The van der Waals surface area contributed by atoms with E-state index in [1.807, 2.05) is 12.3 Å². The first-order valence-electron chi connectivity index (χ1n) is 9.73. The first-order valence-corrected chi connectivity index (χ1v) is 9.73. The average molecular weight is 354 g/mol. The molecule has 4 rings (SSSR count). The highest BCUT2D eigenvalue weighted by Crippen LogP contribution is 2.37. The number of hydrogen-bond acceptors (Lipinski definition) is 1. The zero-order chi connectivity index (χ0) is 19.0. The van der Waals surface area contributed by atoms with Crippen molar-refractivity contribution in [1.82, 2.24) is 9.55 Å². The van der Waals surface area contributed by atoms with E-state index in [1.165, 1.54) is 27.7 Å². The molecular formula is C25H26N2. The highest BCUT2D eigenvalue weighted by molar-refractivity contribution is 5.89.